The van der Waals surface area contributed by atoms with E-state index < -0.39 is 5.97 Å². The third-order valence-electron chi connectivity index (χ3n) is 5.15. The second-order valence-corrected chi connectivity index (χ2v) is 8.37. The van der Waals surface area contributed by atoms with E-state index in [1.54, 1.807) is 36.0 Å². The van der Waals surface area contributed by atoms with Gasteiger partial charge in [-0.3, -0.25) is 0 Å². The van der Waals surface area contributed by atoms with Crippen molar-refractivity contribution in [3.05, 3.63) is 131 Å². The van der Waals surface area contributed by atoms with Crippen LogP contribution in [0.15, 0.2) is 130 Å². The third kappa shape index (κ3) is 6.68. The van der Waals surface area contributed by atoms with Crippen LogP contribution in [0.5, 0.6) is 0 Å². The number of benzene rings is 3. The predicted molar refractivity (Wildman–Crippen MR) is 142 cm³/mol. The highest BCUT2D eigenvalue weighted by atomic mass is 32.2. The first-order chi connectivity index (χ1) is 17.2. The summed E-state index contributed by atoms with van der Waals surface area (Å²) in [7, 11) is 0. The summed E-state index contributed by atoms with van der Waals surface area (Å²) in [5.74, 6) is 0.102. The van der Waals surface area contributed by atoms with Crippen LogP contribution in [0.25, 0.3) is 5.76 Å². The molecular weight excluding hydrogens is 456 g/mol. The van der Waals surface area contributed by atoms with E-state index in [0.717, 1.165) is 28.0 Å². The van der Waals surface area contributed by atoms with Gasteiger partial charge in [-0.1, -0.05) is 95.3 Å². The van der Waals surface area contributed by atoms with Gasteiger partial charge in [-0.15, -0.1) is 11.8 Å². The molecule has 0 bridgehead atoms. The molecule has 3 aromatic rings. The van der Waals surface area contributed by atoms with E-state index in [4.69, 9.17) is 9.68 Å². The molecule has 0 heterocycles. The molecule has 35 heavy (non-hydrogen) atoms. The van der Waals surface area contributed by atoms with Gasteiger partial charge < -0.3 is 9.68 Å². The summed E-state index contributed by atoms with van der Waals surface area (Å²) in [5.41, 5.74) is 3.44. The van der Waals surface area contributed by atoms with Crippen LogP contribution in [0.1, 0.15) is 27.9 Å². The normalized spacial score (nSPS) is 14.7. The zero-order valence-electron chi connectivity index (χ0n) is 19.2. The molecule has 0 saturated heterocycles. The molecule has 1 aliphatic rings. The van der Waals surface area contributed by atoms with Crippen LogP contribution < -0.4 is 0 Å². The smallest absolute Gasteiger partial charge is 0.356 e. The fourth-order valence-electron chi connectivity index (χ4n) is 3.33. The number of nitrogens with zero attached hydrogens (tertiary/aromatic N) is 2. The number of allylic oxidation sites excluding steroid dienone is 5. The molecule has 0 spiro atoms. The Labute approximate surface area is 209 Å². The molecule has 3 aromatic carbocycles. The first-order valence-electron chi connectivity index (χ1n) is 11.1. The Morgan fingerprint density at radius 3 is 2.14 bits per heavy atom. The van der Waals surface area contributed by atoms with Crippen molar-refractivity contribution in [3.8, 4) is 0 Å². The Morgan fingerprint density at radius 2 is 1.51 bits per heavy atom. The minimum absolute atomic E-state index is 0.360. The molecule has 4 rings (SSSR count). The lowest BCUT2D eigenvalue weighted by molar-refractivity contribution is 0.0517. The predicted octanol–water partition coefficient (Wildman–Crippen LogP) is 6.90. The van der Waals surface area contributed by atoms with Crippen molar-refractivity contribution in [3.63, 3.8) is 0 Å². The van der Waals surface area contributed by atoms with E-state index in [1.165, 1.54) is 6.21 Å². The van der Waals surface area contributed by atoms with Crippen LogP contribution in [-0.2, 0) is 9.68 Å². The van der Waals surface area contributed by atoms with Gasteiger partial charge in [0.2, 0.25) is 0 Å². The summed E-state index contributed by atoms with van der Waals surface area (Å²) in [6, 6.07) is 26.3. The highest BCUT2D eigenvalue weighted by Crippen LogP contribution is 2.25. The van der Waals surface area contributed by atoms with Crippen molar-refractivity contribution in [2.45, 2.75) is 11.3 Å². The molecule has 0 fully saturated rings. The summed E-state index contributed by atoms with van der Waals surface area (Å²) in [5, 5.41) is 8.32. The Morgan fingerprint density at radius 1 is 0.829 bits per heavy atom. The standard InChI is InChI=1S/C29H24N2O3S/c1-35-26-19-17-22(18-20-26)27(31-34-29(32)25-15-9-4-10-16-25)21-30-33-28(23-11-5-2-6-12-23)24-13-7-3-8-14-24/h2-13,15-21H,14H2,1H3/b28-24-,30-21+,31-27-. The first-order valence-corrected chi connectivity index (χ1v) is 12.3. The number of carbonyl (C=O) groups excluding carboxylic acids is 1. The number of carbonyl (C=O) groups is 1. The number of rotatable bonds is 8. The SMILES string of the molecule is CSc1ccc(C(/C=N/O/C(=C2/C=CC=CC2)c2ccccc2)=N\OC(=O)c2ccccc2)cc1. The topological polar surface area (TPSA) is 60.3 Å². The molecule has 0 radical (unpaired) electrons. The Hall–Kier alpha value is -4.16. The highest BCUT2D eigenvalue weighted by molar-refractivity contribution is 7.98. The van der Waals surface area contributed by atoms with Gasteiger partial charge in [0, 0.05) is 21.6 Å². The van der Waals surface area contributed by atoms with Gasteiger partial charge in [0.15, 0.2) is 5.76 Å². The quantitative estimate of drug-likeness (QED) is 0.116. The van der Waals surface area contributed by atoms with Gasteiger partial charge >= 0.3 is 5.97 Å². The molecule has 0 N–H and O–H groups in total. The number of hydrogen-bond donors (Lipinski definition) is 0. The number of oxime groups is 2. The maximum absolute atomic E-state index is 12.4. The zero-order valence-corrected chi connectivity index (χ0v) is 20.0. The number of thioether (sulfide) groups is 1. The molecule has 6 heteroatoms. The minimum Gasteiger partial charge on any atom is -0.356 e. The monoisotopic (exact) mass is 480 g/mol. The summed E-state index contributed by atoms with van der Waals surface area (Å²) in [4.78, 5) is 24.7. The van der Waals surface area contributed by atoms with Crippen LogP contribution in [0.2, 0.25) is 0 Å². The van der Waals surface area contributed by atoms with Crippen molar-refractivity contribution < 1.29 is 14.5 Å². The van der Waals surface area contributed by atoms with Gasteiger partial charge in [-0.05, 0) is 36.9 Å². The fourth-order valence-corrected chi connectivity index (χ4v) is 3.74. The molecule has 0 saturated carbocycles. The molecule has 0 aliphatic heterocycles. The molecule has 0 amide bonds. The maximum Gasteiger partial charge on any atom is 0.365 e. The lowest BCUT2D eigenvalue weighted by atomic mass is 10.0. The largest absolute Gasteiger partial charge is 0.365 e. The van der Waals surface area contributed by atoms with Crippen molar-refractivity contribution in [2.24, 2.45) is 10.3 Å². The molecule has 0 atom stereocenters. The summed E-state index contributed by atoms with van der Waals surface area (Å²) in [6.45, 7) is 0. The summed E-state index contributed by atoms with van der Waals surface area (Å²) < 4.78 is 0. The van der Waals surface area contributed by atoms with Crippen LogP contribution >= 0.6 is 11.8 Å². The van der Waals surface area contributed by atoms with Crippen LogP contribution in [-0.4, -0.2) is 24.2 Å². The fraction of sp³-hybridized carbons (Fsp3) is 0.0690. The van der Waals surface area contributed by atoms with Gasteiger partial charge in [-0.2, -0.15) is 0 Å². The van der Waals surface area contributed by atoms with Crippen LogP contribution in [0, 0.1) is 0 Å². The minimum atomic E-state index is -0.552. The van der Waals surface area contributed by atoms with Gasteiger partial charge in [0.1, 0.15) is 5.71 Å². The molecule has 0 aromatic heterocycles. The van der Waals surface area contributed by atoms with Crippen LogP contribution in [0.3, 0.4) is 0 Å². The van der Waals surface area contributed by atoms with Crippen LogP contribution in [0.4, 0.5) is 0 Å². The maximum atomic E-state index is 12.4. The average molecular weight is 481 g/mol. The van der Waals surface area contributed by atoms with Gasteiger partial charge in [0.25, 0.3) is 0 Å². The lowest BCUT2D eigenvalue weighted by Gasteiger charge is -2.11. The third-order valence-corrected chi connectivity index (χ3v) is 5.89. The van der Waals surface area contributed by atoms with E-state index in [9.17, 15) is 4.79 Å². The van der Waals surface area contributed by atoms with E-state index in [-0.39, 0.29) is 0 Å². The van der Waals surface area contributed by atoms with E-state index in [2.05, 4.69) is 16.4 Å². The molecule has 174 valence electrons. The Bertz CT molecular complexity index is 1290. The Kier molecular flexibility index (Phi) is 8.46. The number of hydrogen-bond acceptors (Lipinski definition) is 6. The zero-order chi connectivity index (χ0) is 24.3. The molecule has 1 aliphatic carbocycles. The first kappa shape index (κ1) is 24.0. The van der Waals surface area contributed by atoms with E-state index >= 15 is 0 Å². The molecule has 5 nitrogen and oxygen atoms in total. The molecular formula is C29H24N2O3S. The van der Waals surface area contributed by atoms with Crippen molar-refractivity contribution >= 4 is 35.4 Å². The van der Waals surface area contributed by atoms with Crippen molar-refractivity contribution in [1.29, 1.82) is 0 Å². The van der Waals surface area contributed by atoms with Gasteiger partial charge in [0.05, 0.1) is 11.8 Å². The van der Waals surface area contributed by atoms with Crippen molar-refractivity contribution in [2.75, 3.05) is 6.26 Å². The average Bonchev–Trinajstić information content (AvgIpc) is 2.94. The Balaban J connectivity index is 1.61. The van der Waals surface area contributed by atoms with E-state index in [0.29, 0.717) is 17.0 Å². The van der Waals surface area contributed by atoms with Gasteiger partial charge in [-0.25, -0.2) is 4.79 Å². The summed E-state index contributed by atoms with van der Waals surface area (Å²) in [6.07, 6.45) is 12.2. The highest BCUT2D eigenvalue weighted by Gasteiger charge is 2.12. The van der Waals surface area contributed by atoms with E-state index in [1.807, 2.05) is 85.1 Å². The lowest BCUT2D eigenvalue weighted by Crippen LogP contribution is -2.08. The second-order valence-electron chi connectivity index (χ2n) is 7.49. The molecule has 0 unspecified atom stereocenters. The second kappa shape index (κ2) is 12.3. The summed E-state index contributed by atoms with van der Waals surface area (Å²) >= 11 is 1.64. The van der Waals surface area contributed by atoms with Crippen molar-refractivity contribution in [1.82, 2.24) is 0 Å².